The minimum atomic E-state index is -5.69. The minimum absolute atomic E-state index is 0.00240. The van der Waals surface area contributed by atoms with Gasteiger partial charge in [0.15, 0.2) is 0 Å². The Morgan fingerprint density at radius 3 is 2.47 bits per heavy atom. The number of ether oxygens (including phenoxy) is 2. The molecule has 16 nitrogen and oxygen atoms in total. The van der Waals surface area contributed by atoms with E-state index in [0.717, 1.165) is 4.57 Å². The van der Waals surface area contributed by atoms with Crippen LogP contribution in [0.1, 0.15) is 31.6 Å². The van der Waals surface area contributed by atoms with Crippen molar-refractivity contribution in [2.24, 2.45) is 0 Å². The van der Waals surface area contributed by atoms with Gasteiger partial charge in [-0.2, -0.15) is 21.3 Å². The molecule has 0 aromatic carbocycles. The van der Waals surface area contributed by atoms with Gasteiger partial charge in [0, 0.05) is 19.0 Å². The van der Waals surface area contributed by atoms with Crippen LogP contribution in [-0.4, -0.2) is 53.9 Å². The maximum Gasteiger partial charge on any atom is 0.490 e. The Kier molecular flexibility index (Phi) is 10.1. The summed E-state index contributed by atoms with van der Waals surface area (Å²) >= 11 is 3.92. The van der Waals surface area contributed by atoms with Crippen LogP contribution in [0, 0.1) is 11.8 Å². The normalized spacial score (nSPS) is 24.1. The Balaban J connectivity index is 2.18. The van der Waals surface area contributed by atoms with E-state index in [-0.39, 0.29) is 17.9 Å². The first-order valence-electron chi connectivity index (χ1n) is 9.17. The number of nitrogens with one attached hydrogen (secondary N) is 1. The molecule has 0 aliphatic carbocycles. The van der Waals surface area contributed by atoms with Gasteiger partial charge in [0.05, 0.1) is 18.6 Å². The van der Waals surface area contributed by atoms with Crippen LogP contribution in [0.4, 0.5) is 0 Å². The molecule has 3 unspecified atom stereocenters. The predicted octanol–water partition coefficient (Wildman–Crippen LogP) is 0.201. The first-order valence-corrected chi connectivity index (χ1v) is 14.3. The largest absolute Gasteiger partial charge is 0.490 e. The summed E-state index contributed by atoms with van der Waals surface area (Å²) in [6, 6.07) is 0. The fourth-order valence-corrected chi connectivity index (χ4v) is 5.96. The van der Waals surface area contributed by atoms with Crippen LogP contribution in [0.15, 0.2) is 15.8 Å². The lowest BCUT2D eigenvalue weighted by molar-refractivity contribution is -0.0543. The molecule has 0 radical (unpaired) electrons. The Morgan fingerprint density at radius 2 is 1.88 bits per heavy atom. The minimum Gasteiger partial charge on any atom is -0.365 e. The standard InChI is InChI=1S/C14H21N2O14P3S/c1-2-3-4-9-6-16(14(18)15-13(9)17)12-5-10(26-8-34)11(28-12)7-27-32(22,23)30-33(24,25)29-31(19,20)21/h6,10-12,34H,2,5,7-8H2,1H3,(H,22,23)(H,24,25)(H,15,17,18)(H2,19,20,21)/t10?,11-,12-/m1/s1. The summed E-state index contributed by atoms with van der Waals surface area (Å²) in [5.41, 5.74) is -1.53. The molecule has 1 fully saturated rings. The molecule has 1 aromatic rings. The number of aromatic amines is 1. The summed E-state index contributed by atoms with van der Waals surface area (Å²) < 4.78 is 57.9. The zero-order valence-corrected chi connectivity index (χ0v) is 20.8. The number of H-pyrrole nitrogens is 1. The first kappa shape index (κ1) is 29.2. The molecular weight excluding hydrogens is 545 g/mol. The topological polar surface area (TPSA) is 233 Å². The van der Waals surface area contributed by atoms with Gasteiger partial charge in [0.25, 0.3) is 5.56 Å². The SMILES string of the molecule is CCC#Cc1cn([C@H]2CC(OCS)[C@@H](COP(=O)(O)OP(=O)(O)OP(=O)(O)O)O2)c(=O)[nH]c1=O. The molecule has 5 atom stereocenters. The second-order valence-corrected chi connectivity index (χ2v) is 11.1. The molecule has 2 heterocycles. The van der Waals surface area contributed by atoms with Crippen LogP contribution in [0.2, 0.25) is 0 Å². The molecular formula is C14H21N2O14P3S. The van der Waals surface area contributed by atoms with E-state index in [4.69, 9.17) is 19.3 Å². The van der Waals surface area contributed by atoms with Crippen molar-refractivity contribution in [1.29, 1.82) is 0 Å². The summed E-state index contributed by atoms with van der Waals surface area (Å²) in [4.78, 5) is 62.2. The lowest BCUT2D eigenvalue weighted by Gasteiger charge is -2.20. The maximum absolute atomic E-state index is 12.3. The van der Waals surface area contributed by atoms with Gasteiger partial charge in [-0.25, -0.2) is 18.5 Å². The molecule has 192 valence electrons. The maximum atomic E-state index is 12.3. The molecule has 1 aliphatic rings. The third kappa shape index (κ3) is 8.85. The smallest absolute Gasteiger partial charge is 0.365 e. The van der Waals surface area contributed by atoms with Crippen LogP contribution in [-0.2, 0) is 36.3 Å². The molecule has 0 spiro atoms. The van der Waals surface area contributed by atoms with Crippen molar-refractivity contribution < 1.29 is 55.9 Å². The highest BCUT2D eigenvalue weighted by Crippen LogP contribution is 2.66. The molecule has 0 saturated carbocycles. The monoisotopic (exact) mass is 566 g/mol. The fraction of sp³-hybridized carbons (Fsp3) is 0.571. The molecule has 1 aliphatic heterocycles. The lowest BCUT2D eigenvalue weighted by atomic mass is 10.2. The number of hydrogen-bond donors (Lipinski definition) is 6. The molecule has 5 N–H and O–H groups in total. The number of rotatable bonds is 10. The lowest BCUT2D eigenvalue weighted by Crippen LogP contribution is -2.33. The van der Waals surface area contributed by atoms with Crippen LogP contribution in [0.3, 0.4) is 0 Å². The van der Waals surface area contributed by atoms with Gasteiger partial charge in [-0.3, -0.25) is 18.9 Å². The molecule has 2 rings (SSSR count). The molecule has 34 heavy (non-hydrogen) atoms. The van der Waals surface area contributed by atoms with Crippen molar-refractivity contribution in [3.63, 3.8) is 0 Å². The Bertz CT molecular complexity index is 1200. The summed E-state index contributed by atoms with van der Waals surface area (Å²) in [7, 11) is -16.6. The van der Waals surface area contributed by atoms with E-state index in [1.807, 2.05) is 0 Å². The van der Waals surface area contributed by atoms with Gasteiger partial charge in [-0.15, -0.1) is 0 Å². The molecule has 0 amide bonds. The second-order valence-electron chi connectivity index (χ2n) is 6.45. The molecule has 1 saturated heterocycles. The quantitative estimate of drug-likeness (QED) is 0.0961. The summed E-state index contributed by atoms with van der Waals surface area (Å²) in [6.07, 6.45) is -1.41. The second kappa shape index (κ2) is 11.8. The third-order valence-electron chi connectivity index (χ3n) is 3.96. The van der Waals surface area contributed by atoms with E-state index in [9.17, 15) is 33.1 Å². The zero-order valence-electron chi connectivity index (χ0n) is 17.2. The van der Waals surface area contributed by atoms with E-state index in [0.29, 0.717) is 6.42 Å². The zero-order chi connectivity index (χ0) is 25.7. The van der Waals surface area contributed by atoms with Crippen molar-refractivity contribution in [1.82, 2.24) is 9.55 Å². The van der Waals surface area contributed by atoms with E-state index in [1.54, 1.807) is 6.92 Å². The number of phosphoric acid groups is 3. The van der Waals surface area contributed by atoms with Crippen molar-refractivity contribution in [2.75, 3.05) is 12.5 Å². The Morgan fingerprint density at radius 1 is 1.21 bits per heavy atom. The van der Waals surface area contributed by atoms with Crippen molar-refractivity contribution in [2.45, 2.75) is 38.2 Å². The Labute approximate surface area is 197 Å². The average molecular weight is 566 g/mol. The van der Waals surface area contributed by atoms with Crippen LogP contribution < -0.4 is 11.2 Å². The van der Waals surface area contributed by atoms with Gasteiger partial charge in [-0.05, 0) is 0 Å². The summed E-state index contributed by atoms with van der Waals surface area (Å²) in [5, 5.41) is 0. The summed E-state index contributed by atoms with van der Waals surface area (Å²) in [5.74, 6) is 5.17. The molecule has 0 bridgehead atoms. The van der Waals surface area contributed by atoms with Gasteiger partial charge >= 0.3 is 29.2 Å². The Hall–Kier alpha value is -1.08. The van der Waals surface area contributed by atoms with E-state index < -0.39 is 59.8 Å². The third-order valence-corrected chi connectivity index (χ3v) is 7.92. The van der Waals surface area contributed by atoms with Crippen molar-refractivity contribution in [3.05, 3.63) is 32.6 Å². The van der Waals surface area contributed by atoms with Crippen LogP contribution in [0.25, 0.3) is 0 Å². The highest BCUT2D eigenvalue weighted by atomic mass is 32.1. The number of thiol groups is 1. The first-order chi connectivity index (χ1) is 15.7. The van der Waals surface area contributed by atoms with E-state index in [1.165, 1.54) is 6.20 Å². The average Bonchev–Trinajstić information content (AvgIpc) is 3.06. The predicted molar refractivity (Wildman–Crippen MR) is 116 cm³/mol. The van der Waals surface area contributed by atoms with Crippen LogP contribution >= 0.6 is 36.1 Å². The highest BCUT2D eigenvalue weighted by molar-refractivity contribution is 7.80. The number of nitrogens with zero attached hydrogens (tertiary/aromatic N) is 1. The van der Waals surface area contributed by atoms with Crippen molar-refractivity contribution in [3.8, 4) is 11.8 Å². The number of phosphoric ester groups is 1. The fourth-order valence-electron chi connectivity index (χ4n) is 2.74. The highest BCUT2D eigenvalue weighted by Gasteiger charge is 2.43. The van der Waals surface area contributed by atoms with E-state index in [2.05, 4.69) is 42.6 Å². The van der Waals surface area contributed by atoms with Gasteiger partial charge in [0.2, 0.25) is 0 Å². The van der Waals surface area contributed by atoms with Crippen LogP contribution in [0.5, 0.6) is 0 Å². The van der Waals surface area contributed by atoms with Crippen molar-refractivity contribution >= 4 is 36.1 Å². The van der Waals surface area contributed by atoms with Gasteiger partial charge < -0.3 is 29.0 Å². The number of hydrogen-bond acceptors (Lipinski definition) is 11. The van der Waals surface area contributed by atoms with E-state index >= 15 is 0 Å². The number of aromatic nitrogens is 2. The molecule has 20 heteroatoms. The summed E-state index contributed by atoms with van der Waals surface area (Å²) in [6.45, 7) is 0.970. The van der Waals surface area contributed by atoms with Gasteiger partial charge in [0.1, 0.15) is 17.9 Å². The van der Waals surface area contributed by atoms with Gasteiger partial charge in [-0.1, -0.05) is 18.8 Å². The molecule has 1 aromatic heterocycles.